The molecule has 0 spiro atoms. The summed E-state index contributed by atoms with van der Waals surface area (Å²) in [6.45, 7) is 0.378. The lowest BCUT2D eigenvalue weighted by atomic mass is 10.1. The summed E-state index contributed by atoms with van der Waals surface area (Å²) in [6, 6.07) is 9.06. The van der Waals surface area contributed by atoms with Crippen molar-refractivity contribution in [1.29, 1.82) is 0 Å². The Morgan fingerprint density at radius 3 is 3.04 bits per heavy atom. The molecule has 4 aromatic rings. The summed E-state index contributed by atoms with van der Waals surface area (Å²) < 4.78 is 5.07. The van der Waals surface area contributed by atoms with Crippen LogP contribution in [0.4, 0.5) is 0 Å². The zero-order valence-corrected chi connectivity index (χ0v) is 13.9. The summed E-state index contributed by atoms with van der Waals surface area (Å²) in [5, 5.41) is 7.45. The number of oxazole rings is 1. The van der Waals surface area contributed by atoms with Crippen LogP contribution in [0.1, 0.15) is 14.7 Å². The zero-order valence-electron chi connectivity index (χ0n) is 12.2. The van der Waals surface area contributed by atoms with Gasteiger partial charge in [-0.25, -0.2) is 9.78 Å². The largest absolute Gasteiger partial charge is 0.417 e. The maximum absolute atomic E-state index is 11.9. The average molecular weight is 357 g/mol. The smallest absolute Gasteiger partial charge is 0.408 e. The fourth-order valence-electron chi connectivity index (χ4n) is 2.28. The SMILES string of the molecule is O=C(NCc1nc(-c2ccc3[nH]c(=O)oc3c2)cs1)c1cccs1. The predicted octanol–water partition coefficient (Wildman–Crippen LogP) is 3.24. The van der Waals surface area contributed by atoms with Crippen LogP contribution < -0.4 is 11.1 Å². The van der Waals surface area contributed by atoms with Crippen molar-refractivity contribution in [2.45, 2.75) is 6.54 Å². The van der Waals surface area contributed by atoms with E-state index in [2.05, 4.69) is 15.3 Å². The minimum absolute atomic E-state index is 0.0998. The number of nitrogens with one attached hydrogen (secondary N) is 2. The number of carbonyl (C=O) groups excluding carboxylic acids is 1. The zero-order chi connectivity index (χ0) is 16.5. The number of amides is 1. The molecule has 6 nitrogen and oxygen atoms in total. The van der Waals surface area contributed by atoms with Crippen LogP contribution in [0.15, 0.2) is 50.3 Å². The van der Waals surface area contributed by atoms with Crippen molar-refractivity contribution in [3.63, 3.8) is 0 Å². The minimum atomic E-state index is -0.475. The van der Waals surface area contributed by atoms with Gasteiger partial charge in [0.25, 0.3) is 5.91 Å². The topological polar surface area (TPSA) is 88.0 Å². The minimum Gasteiger partial charge on any atom is -0.408 e. The molecular weight excluding hydrogens is 346 g/mol. The first-order valence-electron chi connectivity index (χ1n) is 7.08. The number of thiophene rings is 1. The summed E-state index contributed by atoms with van der Waals surface area (Å²) in [5.41, 5.74) is 2.80. The van der Waals surface area contributed by atoms with Crippen molar-refractivity contribution >= 4 is 39.7 Å². The van der Waals surface area contributed by atoms with E-state index >= 15 is 0 Å². The van der Waals surface area contributed by atoms with Crippen molar-refractivity contribution < 1.29 is 9.21 Å². The van der Waals surface area contributed by atoms with Crippen LogP contribution in [-0.4, -0.2) is 15.9 Å². The van der Waals surface area contributed by atoms with Crippen molar-refractivity contribution in [3.05, 3.63) is 61.5 Å². The molecule has 1 amide bonds. The van der Waals surface area contributed by atoms with Gasteiger partial charge >= 0.3 is 5.76 Å². The van der Waals surface area contributed by atoms with Gasteiger partial charge in [-0.3, -0.25) is 9.78 Å². The Hall–Kier alpha value is -2.71. The van der Waals surface area contributed by atoms with Gasteiger partial charge in [-0.05, 0) is 23.6 Å². The third-order valence-electron chi connectivity index (χ3n) is 3.41. The van der Waals surface area contributed by atoms with Crippen molar-refractivity contribution in [2.75, 3.05) is 0 Å². The summed E-state index contributed by atoms with van der Waals surface area (Å²) in [4.78, 5) is 31.0. The van der Waals surface area contributed by atoms with E-state index in [1.54, 1.807) is 18.2 Å². The Labute approximate surface area is 143 Å². The molecule has 120 valence electrons. The van der Waals surface area contributed by atoms with Gasteiger partial charge < -0.3 is 9.73 Å². The Morgan fingerprint density at radius 1 is 1.29 bits per heavy atom. The molecule has 0 fully saturated rings. The Bertz CT molecular complexity index is 1060. The van der Waals surface area contributed by atoms with E-state index in [4.69, 9.17) is 4.42 Å². The van der Waals surface area contributed by atoms with Crippen LogP contribution in [0.2, 0.25) is 0 Å². The van der Waals surface area contributed by atoms with E-state index in [-0.39, 0.29) is 5.91 Å². The molecule has 3 heterocycles. The maximum atomic E-state index is 11.9. The molecule has 0 aliphatic heterocycles. The quantitative estimate of drug-likeness (QED) is 0.587. The number of benzene rings is 1. The molecule has 1 aromatic carbocycles. The molecule has 0 saturated carbocycles. The number of nitrogens with zero attached hydrogens (tertiary/aromatic N) is 1. The molecule has 0 atom stereocenters. The van der Waals surface area contributed by atoms with Gasteiger partial charge in [0.05, 0.1) is 22.6 Å². The summed E-state index contributed by atoms with van der Waals surface area (Å²) >= 11 is 2.88. The van der Waals surface area contributed by atoms with E-state index < -0.39 is 5.76 Å². The van der Waals surface area contributed by atoms with Gasteiger partial charge in [0, 0.05) is 10.9 Å². The number of aromatic amines is 1. The van der Waals surface area contributed by atoms with Crippen LogP contribution in [-0.2, 0) is 6.54 Å². The number of carbonyl (C=O) groups is 1. The van der Waals surface area contributed by atoms with Crippen LogP contribution in [0.3, 0.4) is 0 Å². The molecule has 4 rings (SSSR count). The number of fused-ring (bicyclic) bond motifs is 1. The molecule has 0 radical (unpaired) electrons. The number of H-pyrrole nitrogens is 1. The predicted molar refractivity (Wildman–Crippen MR) is 93.4 cm³/mol. The van der Waals surface area contributed by atoms with Gasteiger partial charge in [0.1, 0.15) is 5.01 Å². The van der Waals surface area contributed by atoms with Crippen molar-refractivity contribution in [3.8, 4) is 11.3 Å². The molecule has 0 aliphatic carbocycles. The van der Waals surface area contributed by atoms with Crippen LogP contribution >= 0.6 is 22.7 Å². The number of aromatic nitrogens is 2. The van der Waals surface area contributed by atoms with E-state index in [1.165, 1.54) is 22.7 Å². The second-order valence-electron chi connectivity index (χ2n) is 5.01. The monoisotopic (exact) mass is 357 g/mol. The highest BCUT2D eigenvalue weighted by atomic mass is 32.1. The van der Waals surface area contributed by atoms with Crippen LogP contribution in [0.5, 0.6) is 0 Å². The third kappa shape index (κ3) is 2.89. The summed E-state index contributed by atoms with van der Waals surface area (Å²) in [6.07, 6.45) is 0. The molecule has 3 aromatic heterocycles. The lowest BCUT2D eigenvalue weighted by molar-refractivity contribution is 0.0955. The molecule has 0 bridgehead atoms. The van der Waals surface area contributed by atoms with E-state index in [0.29, 0.717) is 22.5 Å². The van der Waals surface area contributed by atoms with Gasteiger partial charge in [0.15, 0.2) is 5.58 Å². The van der Waals surface area contributed by atoms with E-state index in [1.807, 2.05) is 22.9 Å². The van der Waals surface area contributed by atoms with Crippen LogP contribution in [0.25, 0.3) is 22.4 Å². The second kappa shape index (κ2) is 6.06. The number of hydrogen-bond acceptors (Lipinski definition) is 6. The maximum Gasteiger partial charge on any atom is 0.417 e. The van der Waals surface area contributed by atoms with E-state index in [9.17, 15) is 9.59 Å². The normalized spacial score (nSPS) is 11.0. The summed E-state index contributed by atoms with van der Waals surface area (Å²) in [7, 11) is 0. The lowest BCUT2D eigenvalue weighted by Gasteiger charge is -2.00. The lowest BCUT2D eigenvalue weighted by Crippen LogP contribution is -2.21. The Kier molecular flexibility index (Phi) is 3.75. The molecule has 8 heteroatoms. The number of thiazole rings is 1. The highest BCUT2D eigenvalue weighted by Crippen LogP contribution is 2.25. The average Bonchev–Trinajstić information content (AvgIpc) is 3.31. The number of rotatable bonds is 4. The molecular formula is C16H11N3O3S2. The molecule has 24 heavy (non-hydrogen) atoms. The standard InChI is InChI=1S/C16H11N3O3S2/c20-15(13-2-1-5-23-13)17-7-14-18-11(8-24-14)9-3-4-10-12(6-9)22-16(21)19-10/h1-6,8H,7H2,(H,17,20)(H,19,21). The third-order valence-corrected chi connectivity index (χ3v) is 5.13. The highest BCUT2D eigenvalue weighted by molar-refractivity contribution is 7.12. The van der Waals surface area contributed by atoms with Crippen LogP contribution in [0, 0.1) is 0 Å². The van der Waals surface area contributed by atoms with Gasteiger partial charge in [-0.1, -0.05) is 12.1 Å². The van der Waals surface area contributed by atoms with Gasteiger partial charge in [-0.2, -0.15) is 0 Å². The van der Waals surface area contributed by atoms with Crippen molar-refractivity contribution in [2.24, 2.45) is 0 Å². The van der Waals surface area contributed by atoms with Crippen molar-refractivity contribution in [1.82, 2.24) is 15.3 Å². The summed E-state index contributed by atoms with van der Waals surface area (Å²) in [5.74, 6) is -0.574. The molecule has 0 unspecified atom stereocenters. The Morgan fingerprint density at radius 2 is 2.21 bits per heavy atom. The first kappa shape index (κ1) is 14.9. The second-order valence-corrected chi connectivity index (χ2v) is 6.90. The molecule has 2 N–H and O–H groups in total. The fraction of sp³-hybridized carbons (Fsp3) is 0.0625. The first-order valence-corrected chi connectivity index (χ1v) is 8.84. The van der Waals surface area contributed by atoms with Gasteiger partial charge in [0.2, 0.25) is 0 Å². The Balaban J connectivity index is 1.51. The fourth-order valence-corrected chi connectivity index (χ4v) is 3.66. The highest BCUT2D eigenvalue weighted by Gasteiger charge is 2.10. The molecule has 0 aliphatic rings. The number of hydrogen-bond donors (Lipinski definition) is 2. The molecule has 0 saturated heterocycles. The van der Waals surface area contributed by atoms with Gasteiger partial charge in [-0.15, -0.1) is 22.7 Å². The van der Waals surface area contributed by atoms with E-state index in [0.717, 1.165) is 16.3 Å². The first-order chi connectivity index (χ1) is 11.7.